The average molecular weight is 522 g/mol. The number of phenolic OH excluding ortho intramolecular Hbond substituents is 1. The Hall–Kier alpha value is -0.820. The van der Waals surface area contributed by atoms with Crippen LogP contribution in [0.25, 0.3) is 11.6 Å². The summed E-state index contributed by atoms with van der Waals surface area (Å²) in [6.45, 7) is 1.93. The summed E-state index contributed by atoms with van der Waals surface area (Å²) in [5.41, 5.74) is 3.41. The number of hydrogen-bond acceptors (Lipinski definition) is 2. The van der Waals surface area contributed by atoms with E-state index in [9.17, 15) is 9.90 Å². The number of amides is 1. The van der Waals surface area contributed by atoms with Gasteiger partial charge in [-0.3, -0.25) is 4.79 Å². The number of carbonyl (C=O) groups excluding carboxylic acids is 1. The van der Waals surface area contributed by atoms with Crippen molar-refractivity contribution in [3.8, 4) is 5.75 Å². The minimum atomic E-state index is -0.225. The van der Waals surface area contributed by atoms with Crippen molar-refractivity contribution in [2.24, 2.45) is 0 Å². The molecule has 2 aromatic rings. The molecule has 0 atom stereocenters. The van der Waals surface area contributed by atoms with Gasteiger partial charge < -0.3 is 10.4 Å². The zero-order valence-electron chi connectivity index (χ0n) is 11.7. The van der Waals surface area contributed by atoms with Crippen LogP contribution in [0.2, 0.25) is 5.02 Å². The molecule has 3 nitrogen and oxygen atoms in total. The molecule has 1 amide bonds. The fraction of sp³-hybridized carbons (Fsp3) is 0.0625. The lowest BCUT2D eigenvalue weighted by Crippen LogP contribution is -2.03. The molecule has 0 saturated heterocycles. The van der Waals surface area contributed by atoms with Gasteiger partial charge in [-0.25, -0.2) is 0 Å². The van der Waals surface area contributed by atoms with Crippen LogP contribution in [0.4, 0.5) is 5.69 Å². The first-order chi connectivity index (χ1) is 10.8. The summed E-state index contributed by atoms with van der Waals surface area (Å²) >= 11 is 16.2. The van der Waals surface area contributed by atoms with Gasteiger partial charge in [0.2, 0.25) is 0 Å². The van der Waals surface area contributed by atoms with E-state index in [1.165, 1.54) is 0 Å². The molecule has 0 aliphatic carbocycles. The predicted molar refractivity (Wildman–Crippen MR) is 104 cm³/mol. The smallest absolute Gasteiger partial charge is 0.256 e. The largest absolute Gasteiger partial charge is 0.506 e. The van der Waals surface area contributed by atoms with Gasteiger partial charge in [0, 0.05) is 25.1 Å². The highest BCUT2D eigenvalue weighted by Crippen LogP contribution is 2.44. The molecule has 3 rings (SSSR count). The third kappa shape index (κ3) is 2.97. The third-order valence-corrected chi connectivity index (χ3v) is 5.86. The molecule has 0 fully saturated rings. The zero-order chi connectivity index (χ0) is 16.9. The van der Waals surface area contributed by atoms with Gasteiger partial charge in [0.05, 0.1) is 15.7 Å². The van der Waals surface area contributed by atoms with E-state index in [2.05, 4.69) is 53.1 Å². The van der Waals surface area contributed by atoms with Crippen molar-refractivity contribution in [1.29, 1.82) is 0 Å². The quantitative estimate of drug-likeness (QED) is 0.443. The number of carbonyl (C=O) groups is 1. The number of anilines is 1. The van der Waals surface area contributed by atoms with Crippen LogP contribution >= 0.6 is 59.4 Å². The summed E-state index contributed by atoms with van der Waals surface area (Å²) in [5.74, 6) is -0.188. The van der Waals surface area contributed by atoms with E-state index in [1.54, 1.807) is 18.2 Å². The van der Waals surface area contributed by atoms with Gasteiger partial charge in [0.25, 0.3) is 5.91 Å². The number of rotatable bonds is 1. The molecule has 2 N–H and O–H groups in total. The maximum atomic E-state index is 12.4. The lowest BCUT2D eigenvalue weighted by Gasteiger charge is -2.09. The van der Waals surface area contributed by atoms with Gasteiger partial charge in [-0.15, -0.1) is 0 Å². The van der Waals surface area contributed by atoms with Gasteiger partial charge in [-0.05, 0) is 68.6 Å². The Morgan fingerprint density at radius 2 is 1.83 bits per heavy atom. The van der Waals surface area contributed by atoms with Gasteiger partial charge in [0.1, 0.15) is 5.75 Å². The number of nitrogens with one attached hydrogen (secondary N) is 1. The van der Waals surface area contributed by atoms with E-state index >= 15 is 0 Å². The van der Waals surface area contributed by atoms with E-state index in [-0.39, 0.29) is 11.7 Å². The Labute approximate surface area is 163 Å². The van der Waals surface area contributed by atoms with Crippen molar-refractivity contribution in [1.82, 2.24) is 0 Å². The summed E-state index contributed by atoms with van der Waals surface area (Å²) in [7, 11) is 0. The Bertz CT molecular complexity index is 894. The standard InChI is InChI=1S/C16H9Br3ClNO2/c1-6-10(17)5-11(18)14-13(6)9(16(23)21-14)3-7-2-8(20)4-12(19)15(7)22/h2-5,22H,1H3,(H,21,23). The first-order valence-corrected chi connectivity index (χ1v) is 9.25. The van der Waals surface area contributed by atoms with Crippen molar-refractivity contribution in [2.45, 2.75) is 6.92 Å². The van der Waals surface area contributed by atoms with Crippen LogP contribution in [0, 0.1) is 6.92 Å². The van der Waals surface area contributed by atoms with Crippen LogP contribution in [0.5, 0.6) is 5.75 Å². The van der Waals surface area contributed by atoms with E-state index in [1.807, 2.05) is 13.0 Å². The Balaban J connectivity index is 2.26. The Morgan fingerprint density at radius 3 is 2.52 bits per heavy atom. The van der Waals surface area contributed by atoms with Crippen LogP contribution in [0.3, 0.4) is 0 Å². The molecule has 2 aromatic carbocycles. The molecule has 23 heavy (non-hydrogen) atoms. The normalized spacial score (nSPS) is 15.0. The molecule has 0 saturated carbocycles. The molecule has 0 spiro atoms. The average Bonchev–Trinajstić information content (AvgIpc) is 2.80. The predicted octanol–water partition coefficient (Wildman–Crippen LogP) is 6.13. The van der Waals surface area contributed by atoms with E-state index < -0.39 is 0 Å². The zero-order valence-corrected chi connectivity index (χ0v) is 17.2. The maximum Gasteiger partial charge on any atom is 0.256 e. The fourth-order valence-electron chi connectivity index (χ4n) is 2.46. The number of benzene rings is 2. The summed E-state index contributed by atoms with van der Waals surface area (Å²) < 4.78 is 2.16. The summed E-state index contributed by atoms with van der Waals surface area (Å²) in [4.78, 5) is 12.4. The topological polar surface area (TPSA) is 49.3 Å². The highest BCUT2D eigenvalue weighted by molar-refractivity contribution is 9.11. The van der Waals surface area contributed by atoms with E-state index in [0.29, 0.717) is 20.6 Å². The van der Waals surface area contributed by atoms with Crippen molar-refractivity contribution in [2.75, 3.05) is 5.32 Å². The van der Waals surface area contributed by atoms with Crippen LogP contribution in [-0.2, 0) is 4.79 Å². The molecule has 0 aromatic heterocycles. The number of phenols is 1. The second-order valence-corrected chi connectivity index (χ2v) is 8.05. The SMILES string of the molecule is Cc1c(Br)cc(Br)c2c1C(=Cc1cc(Cl)cc(Br)c1O)C(=O)N2. The monoisotopic (exact) mass is 519 g/mol. The molecular weight excluding hydrogens is 513 g/mol. The summed E-state index contributed by atoms with van der Waals surface area (Å²) in [6.07, 6.45) is 1.64. The molecule has 0 radical (unpaired) electrons. The van der Waals surface area contributed by atoms with Gasteiger partial charge >= 0.3 is 0 Å². The number of fused-ring (bicyclic) bond motifs is 1. The Kier molecular flexibility index (Phi) is 4.62. The molecular formula is C16H9Br3ClNO2. The van der Waals surface area contributed by atoms with E-state index in [0.717, 1.165) is 25.8 Å². The summed E-state index contributed by atoms with van der Waals surface area (Å²) in [6, 6.07) is 5.10. The van der Waals surface area contributed by atoms with Gasteiger partial charge in [-0.2, -0.15) is 0 Å². The molecule has 1 aliphatic rings. The molecule has 1 aliphatic heterocycles. The molecule has 7 heteroatoms. The highest BCUT2D eigenvalue weighted by atomic mass is 79.9. The van der Waals surface area contributed by atoms with Crippen LogP contribution in [0.1, 0.15) is 16.7 Å². The number of hydrogen-bond donors (Lipinski definition) is 2. The third-order valence-electron chi connectivity index (χ3n) is 3.59. The molecule has 0 unspecified atom stereocenters. The van der Waals surface area contributed by atoms with Crippen molar-refractivity contribution >= 4 is 82.6 Å². The number of aromatic hydroxyl groups is 1. The van der Waals surface area contributed by atoms with Crippen LogP contribution in [0.15, 0.2) is 31.6 Å². The van der Waals surface area contributed by atoms with Crippen molar-refractivity contribution < 1.29 is 9.90 Å². The van der Waals surface area contributed by atoms with Crippen LogP contribution < -0.4 is 5.32 Å². The lowest BCUT2D eigenvalue weighted by molar-refractivity contribution is -0.110. The maximum absolute atomic E-state index is 12.4. The second kappa shape index (κ2) is 6.24. The molecule has 118 valence electrons. The highest BCUT2D eigenvalue weighted by Gasteiger charge is 2.29. The first kappa shape index (κ1) is 17.0. The molecule has 0 bridgehead atoms. The van der Waals surface area contributed by atoms with Crippen LogP contribution in [-0.4, -0.2) is 11.0 Å². The van der Waals surface area contributed by atoms with E-state index in [4.69, 9.17) is 11.6 Å². The van der Waals surface area contributed by atoms with Crippen molar-refractivity contribution in [3.63, 3.8) is 0 Å². The summed E-state index contributed by atoms with van der Waals surface area (Å²) in [5, 5.41) is 13.5. The molecule has 1 heterocycles. The number of halogens is 4. The minimum absolute atomic E-state index is 0.0369. The van der Waals surface area contributed by atoms with Gasteiger partial charge in [-0.1, -0.05) is 27.5 Å². The fourth-order valence-corrected chi connectivity index (χ4v) is 4.56. The minimum Gasteiger partial charge on any atom is -0.506 e. The first-order valence-electron chi connectivity index (χ1n) is 6.49. The second-order valence-electron chi connectivity index (χ2n) is 5.05. The van der Waals surface area contributed by atoms with Crippen molar-refractivity contribution in [3.05, 3.63) is 53.3 Å². The Morgan fingerprint density at radius 1 is 1.13 bits per heavy atom. The lowest BCUT2D eigenvalue weighted by atomic mass is 9.99. The van der Waals surface area contributed by atoms with Gasteiger partial charge in [0.15, 0.2) is 0 Å².